The van der Waals surface area contributed by atoms with Crippen molar-refractivity contribution >= 4 is 5.52 Å². The van der Waals surface area contributed by atoms with Crippen molar-refractivity contribution in [1.82, 2.24) is 14.6 Å². The third-order valence-corrected chi connectivity index (χ3v) is 2.51. The van der Waals surface area contributed by atoms with Crippen LogP contribution in [0, 0.1) is 12.3 Å². The number of fused-ring (bicyclic) bond motifs is 1. The number of aromatic nitrogens is 3. The number of nitrogens with zero attached hydrogens (tertiary/aromatic N) is 3. The van der Waals surface area contributed by atoms with Gasteiger partial charge in [0, 0.05) is 24.4 Å². The van der Waals surface area contributed by atoms with Crippen LogP contribution in [0.2, 0.25) is 0 Å². The Morgan fingerprint density at radius 2 is 2.38 bits per heavy atom. The highest BCUT2D eigenvalue weighted by Gasteiger charge is 2.12. The van der Waals surface area contributed by atoms with Gasteiger partial charge >= 0.3 is 0 Å². The van der Waals surface area contributed by atoms with Gasteiger partial charge in [0.2, 0.25) is 0 Å². The van der Waals surface area contributed by atoms with Gasteiger partial charge in [0.05, 0.1) is 24.0 Å². The lowest BCUT2D eigenvalue weighted by Gasteiger charge is -2.07. The van der Waals surface area contributed by atoms with Crippen LogP contribution in [0.4, 0.5) is 0 Å². The van der Waals surface area contributed by atoms with E-state index >= 15 is 0 Å². The molecule has 0 aliphatic rings. The summed E-state index contributed by atoms with van der Waals surface area (Å²) < 4.78 is 1.70. The summed E-state index contributed by atoms with van der Waals surface area (Å²) in [5, 5.41) is 14.1. The molecular formula is C12H13N3O. The number of hydrogen-bond acceptors (Lipinski definition) is 3. The van der Waals surface area contributed by atoms with Crippen LogP contribution in [-0.4, -0.2) is 19.7 Å². The minimum absolute atomic E-state index is 0.518. The van der Waals surface area contributed by atoms with Gasteiger partial charge in [0.15, 0.2) is 0 Å². The predicted octanol–water partition coefficient (Wildman–Crippen LogP) is 1.57. The van der Waals surface area contributed by atoms with Crippen LogP contribution in [0.5, 0.6) is 0 Å². The maximum atomic E-state index is 9.98. The van der Waals surface area contributed by atoms with Gasteiger partial charge in [-0.15, -0.1) is 12.3 Å². The normalized spacial score (nSPS) is 12.5. The Morgan fingerprint density at radius 3 is 3.19 bits per heavy atom. The molecule has 0 aliphatic carbocycles. The predicted molar refractivity (Wildman–Crippen MR) is 60.6 cm³/mol. The zero-order chi connectivity index (χ0) is 11.4. The van der Waals surface area contributed by atoms with Gasteiger partial charge in [-0.05, 0) is 12.8 Å². The molecule has 2 aromatic heterocycles. The number of terminal acetylenes is 1. The zero-order valence-electron chi connectivity index (χ0n) is 8.87. The Kier molecular flexibility index (Phi) is 3.18. The molecule has 2 rings (SSSR count). The van der Waals surface area contributed by atoms with Crippen LogP contribution in [-0.2, 0) is 0 Å². The third-order valence-electron chi connectivity index (χ3n) is 2.51. The highest BCUT2D eigenvalue weighted by Crippen LogP contribution is 2.22. The highest BCUT2D eigenvalue weighted by atomic mass is 16.3. The maximum absolute atomic E-state index is 9.98. The molecule has 2 aromatic rings. The fourth-order valence-corrected chi connectivity index (χ4v) is 1.66. The van der Waals surface area contributed by atoms with Crippen molar-refractivity contribution in [3.63, 3.8) is 0 Å². The lowest BCUT2D eigenvalue weighted by molar-refractivity contribution is 0.166. The van der Waals surface area contributed by atoms with Crippen molar-refractivity contribution in [2.75, 3.05) is 0 Å². The summed E-state index contributed by atoms with van der Waals surface area (Å²) in [6.07, 6.45) is 13.6. The molecule has 16 heavy (non-hydrogen) atoms. The van der Waals surface area contributed by atoms with Crippen molar-refractivity contribution in [3.05, 3.63) is 30.4 Å². The van der Waals surface area contributed by atoms with Gasteiger partial charge in [-0.25, -0.2) is 4.52 Å². The largest absolute Gasteiger partial charge is 0.388 e. The van der Waals surface area contributed by atoms with E-state index in [1.807, 2.05) is 0 Å². The number of aliphatic hydroxyl groups excluding tert-OH is 1. The Labute approximate surface area is 93.9 Å². The van der Waals surface area contributed by atoms with Crippen molar-refractivity contribution < 1.29 is 5.11 Å². The lowest BCUT2D eigenvalue weighted by Crippen LogP contribution is -1.97. The molecule has 2 heterocycles. The minimum Gasteiger partial charge on any atom is -0.388 e. The first-order chi connectivity index (χ1) is 7.83. The smallest absolute Gasteiger partial charge is 0.0902 e. The Morgan fingerprint density at radius 1 is 1.50 bits per heavy atom. The van der Waals surface area contributed by atoms with Crippen LogP contribution < -0.4 is 0 Å². The molecular weight excluding hydrogens is 202 g/mol. The summed E-state index contributed by atoms with van der Waals surface area (Å²) in [5.41, 5.74) is 1.65. The van der Waals surface area contributed by atoms with Crippen LogP contribution >= 0.6 is 0 Å². The van der Waals surface area contributed by atoms with Crippen LogP contribution in [0.1, 0.15) is 30.9 Å². The maximum Gasteiger partial charge on any atom is 0.0902 e. The molecule has 0 radical (unpaired) electrons. The highest BCUT2D eigenvalue weighted by molar-refractivity contribution is 5.52. The van der Waals surface area contributed by atoms with Crippen LogP contribution in [0.25, 0.3) is 5.52 Å². The fourth-order valence-electron chi connectivity index (χ4n) is 1.66. The molecule has 0 aliphatic heterocycles. The van der Waals surface area contributed by atoms with Crippen molar-refractivity contribution in [2.24, 2.45) is 0 Å². The van der Waals surface area contributed by atoms with E-state index in [1.165, 1.54) is 0 Å². The molecule has 0 saturated carbocycles. The van der Waals surface area contributed by atoms with Crippen LogP contribution in [0.3, 0.4) is 0 Å². The number of rotatable bonds is 4. The summed E-state index contributed by atoms with van der Waals surface area (Å²) >= 11 is 0. The summed E-state index contributed by atoms with van der Waals surface area (Å²) in [4.78, 5) is 4.02. The number of hydrogen-bond donors (Lipinski definition) is 1. The first-order valence-electron chi connectivity index (χ1n) is 5.21. The zero-order valence-corrected chi connectivity index (χ0v) is 8.87. The molecule has 0 amide bonds. The third kappa shape index (κ3) is 2.05. The molecule has 82 valence electrons. The van der Waals surface area contributed by atoms with Gasteiger partial charge in [-0.3, -0.25) is 4.98 Å². The second-order valence-corrected chi connectivity index (χ2v) is 3.62. The van der Waals surface area contributed by atoms with E-state index in [9.17, 15) is 5.11 Å². The second-order valence-electron chi connectivity index (χ2n) is 3.62. The molecule has 0 fully saturated rings. The standard InChI is InChI=1S/C12H13N3O/c1-2-3-4-5-12(16)10-8-14-15-7-6-13-9-11(10)15/h1,6-9,12,16H,3-5H2. The topological polar surface area (TPSA) is 50.4 Å². The van der Waals surface area contributed by atoms with E-state index in [2.05, 4.69) is 16.0 Å². The fraction of sp³-hybridized carbons (Fsp3) is 0.333. The summed E-state index contributed by atoms with van der Waals surface area (Å²) in [6, 6.07) is 0. The summed E-state index contributed by atoms with van der Waals surface area (Å²) in [6.45, 7) is 0. The van der Waals surface area contributed by atoms with Crippen molar-refractivity contribution in [1.29, 1.82) is 0 Å². The first kappa shape index (κ1) is 10.7. The monoisotopic (exact) mass is 215 g/mol. The molecule has 0 spiro atoms. The van der Waals surface area contributed by atoms with Crippen molar-refractivity contribution in [2.45, 2.75) is 25.4 Å². The molecule has 1 N–H and O–H groups in total. The van der Waals surface area contributed by atoms with E-state index in [0.717, 1.165) is 17.5 Å². The van der Waals surface area contributed by atoms with E-state index in [4.69, 9.17) is 6.42 Å². The molecule has 4 heteroatoms. The van der Waals surface area contributed by atoms with E-state index in [-0.39, 0.29) is 0 Å². The molecule has 0 saturated heterocycles. The van der Waals surface area contributed by atoms with Gasteiger partial charge in [-0.2, -0.15) is 5.10 Å². The molecule has 1 unspecified atom stereocenters. The molecule has 1 atom stereocenters. The Balaban J connectivity index is 2.17. The van der Waals surface area contributed by atoms with E-state index in [0.29, 0.717) is 12.8 Å². The summed E-state index contributed by atoms with van der Waals surface area (Å²) in [5.74, 6) is 2.56. The van der Waals surface area contributed by atoms with Crippen molar-refractivity contribution in [3.8, 4) is 12.3 Å². The molecule has 0 bridgehead atoms. The van der Waals surface area contributed by atoms with Gasteiger partial charge in [0.25, 0.3) is 0 Å². The Hall–Kier alpha value is -1.86. The number of aliphatic hydroxyl groups is 1. The minimum atomic E-state index is -0.518. The van der Waals surface area contributed by atoms with Crippen LogP contribution in [0.15, 0.2) is 24.8 Å². The average molecular weight is 215 g/mol. The Bertz CT molecular complexity index is 512. The van der Waals surface area contributed by atoms with E-state index in [1.54, 1.807) is 29.3 Å². The second kappa shape index (κ2) is 4.77. The average Bonchev–Trinajstić information content (AvgIpc) is 2.73. The van der Waals surface area contributed by atoms with Gasteiger partial charge < -0.3 is 5.11 Å². The first-order valence-corrected chi connectivity index (χ1v) is 5.21. The number of unbranched alkanes of at least 4 members (excludes halogenated alkanes) is 1. The van der Waals surface area contributed by atoms with Gasteiger partial charge in [-0.1, -0.05) is 0 Å². The molecule has 0 aromatic carbocycles. The van der Waals surface area contributed by atoms with E-state index < -0.39 is 6.10 Å². The summed E-state index contributed by atoms with van der Waals surface area (Å²) in [7, 11) is 0. The molecule has 4 nitrogen and oxygen atoms in total. The van der Waals surface area contributed by atoms with Gasteiger partial charge in [0.1, 0.15) is 0 Å². The quantitative estimate of drug-likeness (QED) is 0.622. The SMILES string of the molecule is C#CCCCC(O)c1cnn2ccncc12. The lowest BCUT2D eigenvalue weighted by atomic mass is 10.1.